The van der Waals surface area contributed by atoms with E-state index < -0.39 is 6.10 Å². The lowest BCUT2D eigenvalue weighted by Crippen LogP contribution is -2.45. The smallest absolute Gasteiger partial charge is 0.254 e. The summed E-state index contributed by atoms with van der Waals surface area (Å²) < 4.78 is 11.4. The second-order valence-electron chi connectivity index (χ2n) is 5.47. The summed E-state index contributed by atoms with van der Waals surface area (Å²) in [6.45, 7) is 3.84. The van der Waals surface area contributed by atoms with Crippen molar-refractivity contribution in [3.05, 3.63) is 54.1 Å². The molecule has 2 N–H and O–H groups in total. The summed E-state index contributed by atoms with van der Waals surface area (Å²) in [6, 6.07) is 15.2. The number of hydrogen-bond acceptors (Lipinski definition) is 4. The van der Waals surface area contributed by atoms with Gasteiger partial charge in [-0.3, -0.25) is 4.79 Å². The number of aryl methyl sites for hydroxylation is 1. The molecule has 23 heavy (non-hydrogen) atoms. The van der Waals surface area contributed by atoms with E-state index in [2.05, 4.69) is 10.6 Å². The number of hydrogen-bond donors (Lipinski definition) is 2. The van der Waals surface area contributed by atoms with Crippen molar-refractivity contribution in [1.82, 2.24) is 5.32 Å². The van der Waals surface area contributed by atoms with Gasteiger partial charge in [0.15, 0.2) is 5.75 Å². The van der Waals surface area contributed by atoms with Crippen molar-refractivity contribution in [2.45, 2.75) is 13.0 Å². The monoisotopic (exact) mass is 312 g/mol. The van der Waals surface area contributed by atoms with Gasteiger partial charge in [0.2, 0.25) is 0 Å². The zero-order valence-electron chi connectivity index (χ0n) is 13.0. The highest BCUT2D eigenvalue weighted by Crippen LogP contribution is 2.29. The topological polar surface area (TPSA) is 59.6 Å². The zero-order chi connectivity index (χ0) is 16.1. The first-order valence-electron chi connectivity index (χ1n) is 7.69. The predicted octanol–water partition coefficient (Wildman–Crippen LogP) is 2.71. The molecule has 0 aromatic heterocycles. The molecule has 1 amide bonds. The fourth-order valence-corrected chi connectivity index (χ4v) is 2.41. The van der Waals surface area contributed by atoms with E-state index in [0.29, 0.717) is 24.6 Å². The van der Waals surface area contributed by atoms with E-state index in [9.17, 15) is 4.79 Å². The molecule has 1 atom stereocenters. The third-order valence-electron chi connectivity index (χ3n) is 3.58. The number of nitrogens with one attached hydrogen (secondary N) is 2. The average molecular weight is 312 g/mol. The maximum atomic E-state index is 12.3. The summed E-state index contributed by atoms with van der Waals surface area (Å²) in [5.74, 6) is 1.18. The van der Waals surface area contributed by atoms with Gasteiger partial charge < -0.3 is 20.1 Å². The van der Waals surface area contributed by atoms with Crippen LogP contribution in [-0.2, 0) is 9.53 Å². The van der Waals surface area contributed by atoms with Crippen LogP contribution in [0.15, 0.2) is 48.5 Å². The van der Waals surface area contributed by atoms with Crippen molar-refractivity contribution < 1.29 is 14.3 Å². The first-order chi connectivity index (χ1) is 11.2. The van der Waals surface area contributed by atoms with Gasteiger partial charge in [0.25, 0.3) is 5.91 Å². The lowest BCUT2D eigenvalue weighted by atomic mass is 10.2. The highest BCUT2D eigenvalue weighted by atomic mass is 16.5. The number of ether oxygens (including phenoxy) is 2. The van der Waals surface area contributed by atoms with Crippen LogP contribution < -0.4 is 15.4 Å². The molecule has 1 unspecified atom stereocenters. The number of para-hydroxylation sites is 2. The maximum absolute atomic E-state index is 12.3. The van der Waals surface area contributed by atoms with Gasteiger partial charge in [-0.1, -0.05) is 24.3 Å². The van der Waals surface area contributed by atoms with Crippen LogP contribution in [0.4, 0.5) is 5.69 Å². The van der Waals surface area contributed by atoms with E-state index in [4.69, 9.17) is 9.47 Å². The Morgan fingerprint density at radius 1 is 1.26 bits per heavy atom. The van der Waals surface area contributed by atoms with Crippen molar-refractivity contribution in [3.8, 4) is 11.5 Å². The normalized spacial score (nSPS) is 17.5. The Morgan fingerprint density at radius 3 is 2.91 bits per heavy atom. The molecule has 5 nitrogen and oxygen atoms in total. The van der Waals surface area contributed by atoms with E-state index in [1.165, 1.54) is 0 Å². The average Bonchev–Trinajstić information content (AvgIpc) is 2.57. The Bertz CT molecular complexity index is 681. The molecular formula is C18H20N2O3. The molecule has 0 spiro atoms. The fraction of sp³-hybridized carbons (Fsp3) is 0.278. The van der Waals surface area contributed by atoms with Gasteiger partial charge in [0, 0.05) is 13.1 Å². The number of morpholine rings is 1. The van der Waals surface area contributed by atoms with E-state index in [-0.39, 0.29) is 5.91 Å². The van der Waals surface area contributed by atoms with Gasteiger partial charge in [0.1, 0.15) is 11.9 Å². The number of rotatable bonds is 4. The number of carbonyl (C=O) groups excluding carboxylic acids is 1. The Kier molecular flexibility index (Phi) is 4.90. The first kappa shape index (κ1) is 15.5. The summed E-state index contributed by atoms with van der Waals surface area (Å²) in [5.41, 5.74) is 1.75. The molecule has 5 heteroatoms. The van der Waals surface area contributed by atoms with Crippen molar-refractivity contribution in [2.75, 3.05) is 25.0 Å². The number of anilines is 1. The molecular weight excluding hydrogens is 292 g/mol. The summed E-state index contributed by atoms with van der Waals surface area (Å²) in [6.07, 6.45) is -0.476. The highest BCUT2D eigenvalue weighted by molar-refractivity contribution is 5.95. The number of carbonyl (C=O) groups is 1. The van der Waals surface area contributed by atoms with Crippen molar-refractivity contribution in [1.29, 1.82) is 0 Å². The van der Waals surface area contributed by atoms with Crippen molar-refractivity contribution in [2.24, 2.45) is 0 Å². The van der Waals surface area contributed by atoms with Crippen LogP contribution in [-0.4, -0.2) is 31.7 Å². The second-order valence-corrected chi connectivity index (χ2v) is 5.47. The molecule has 1 aliphatic heterocycles. The summed E-state index contributed by atoms with van der Waals surface area (Å²) >= 11 is 0. The molecule has 120 valence electrons. The summed E-state index contributed by atoms with van der Waals surface area (Å²) in [5, 5.41) is 6.03. The SMILES string of the molecule is Cc1cccc(Oc2ccccc2NC(=O)C2CNCCO2)c1. The standard InChI is InChI=1S/C18H20N2O3/c1-13-5-4-6-14(11-13)23-16-8-3-2-7-15(16)20-18(21)17-12-19-9-10-22-17/h2-8,11,17,19H,9-10,12H2,1H3,(H,20,21). The second kappa shape index (κ2) is 7.26. The van der Waals surface area contributed by atoms with Gasteiger partial charge in [-0.2, -0.15) is 0 Å². The minimum atomic E-state index is -0.476. The molecule has 0 radical (unpaired) electrons. The van der Waals surface area contributed by atoms with Crippen LogP contribution in [0.1, 0.15) is 5.56 Å². The molecule has 1 aliphatic rings. The molecule has 0 aliphatic carbocycles. The van der Waals surface area contributed by atoms with Gasteiger partial charge >= 0.3 is 0 Å². The predicted molar refractivity (Wildman–Crippen MR) is 88.9 cm³/mol. The van der Waals surface area contributed by atoms with E-state index in [0.717, 1.165) is 17.9 Å². The first-order valence-corrected chi connectivity index (χ1v) is 7.69. The fourth-order valence-electron chi connectivity index (χ4n) is 2.41. The molecule has 2 aromatic rings. The Labute approximate surface area is 135 Å². The highest BCUT2D eigenvalue weighted by Gasteiger charge is 2.22. The van der Waals surface area contributed by atoms with Gasteiger partial charge in [0.05, 0.1) is 12.3 Å². The third kappa shape index (κ3) is 4.09. The van der Waals surface area contributed by atoms with Crippen LogP contribution in [0.5, 0.6) is 11.5 Å². The molecule has 1 saturated heterocycles. The maximum Gasteiger partial charge on any atom is 0.254 e. The van der Waals surface area contributed by atoms with E-state index in [1.807, 2.05) is 55.5 Å². The molecule has 3 rings (SSSR count). The minimum Gasteiger partial charge on any atom is -0.455 e. The number of benzene rings is 2. The van der Waals surface area contributed by atoms with Gasteiger partial charge in [-0.25, -0.2) is 0 Å². The molecule has 1 heterocycles. The number of amides is 1. The minimum absolute atomic E-state index is 0.169. The molecule has 0 bridgehead atoms. The van der Waals surface area contributed by atoms with Crippen molar-refractivity contribution in [3.63, 3.8) is 0 Å². The zero-order valence-corrected chi connectivity index (χ0v) is 13.0. The van der Waals surface area contributed by atoms with Crippen LogP contribution in [0, 0.1) is 6.92 Å². The Morgan fingerprint density at radius 2 is 2.13 bits per heavy atom. The molecule has 1 fully saturated rings. The lowest BCUT2D eigenvalue weighted by molar-refractivity contribution is -0.128. The lowest BCUT2D eigenvalue weighted by Gasteiger charge is -2.23. The van der Waals surface area contributed by atoms with Crippen LogP contribution in [0.25, 0.3) is 0 Å². The molecule has 2 aromatic carbocycles. The van der Waals surface area contributed by atoms with E-state index >= 15 is 0 Å². The van der Waals surface area contributed by atoms with Gasteiger partial charge in [-0.05, 0) is 36.8 Å². The largest absolute Gasteiger partial charge is 0.455 e. The van der Waals surface area contributed by atoms with E-state index in [1.54, 1.807) is 0 Å². The summed E-state index contributed by atoms with van der Waals surface area (Å²) in [7, 11) is 0. The van der Waals surface area contributed by atoms with Gasteiger partial charge in [-0.15, -0.1) is 0 Å². The molecule has 0 saturated carbocycles. The van der Waals surface area contributed by atoms with Crippen LogP contribution in [0.3, 0.4) is 0 Å². The third-order valence-corrected chi connectivity index (χ3v) is 3.58. The quantitative estimate of drug-likeness (QED) is 0.911. The Hall–Kier alpha value is -2.37. The van der Waals surface area contributed by atoms with Crippen molar-refractivity contribution >= 4 is 11.6 Å². The van der Waals surface area contributed by atoms with Crippen LogP contribution in [0.2, 0.25) is 0 Å². The summed E-state index contributed by atoms with van der Waals surface area (Å²) in [4.78, 5) is 12.3. The van der Waals surface area contributed by atoms with Crippen LogP contribution >= 0.6 is 0 Å². The Balaban J connectivity index is 1.73.